The molecule has 1 N–H and O–H groups in total. The van der Waals surface area contributed by atoms with Crippen molar-refractivity contribution in [3.63, 3.8) is 0 Å². The molecule has 3 heterocycles. The number of nitrogens with zero attached hydrogens (tertiary/aromatic N) is 3. The molecule has 2 unspecified atom stereocenters. The normalized spacial score (nSPS) is 28.8. The Labute approximate surface area is 149 Å². The van der Waals surface area contributed by atoms with Crippen LogP contribution in [0.5, 0.6) is 0 Å². The summed E-state index contributed by atoms with van der Waals surface area (Å²) in [6.07, 6.45) is 4.84. The maximum atomic E-state index is 13.4. The zero-order valence-electron chi connectivity index (χ0n) is 14.0. The van der Waals surface area contributed by atoms with Crippen molar-refractivity contribution in [2.75, 3.05) is 25.4 Å². The van der Waals surface area contributed by atoms with Crippen LogP contribution < -0.4 is 5.32 Å². The van der Waals surface area contributed by atoms with Crippen molar-refractivity contribution in [2.24, 2.45) is 0 Å². The molecule has 2 aliphatic rings. The van der Waals surface area contributed by atoms with Crippen molar-refractivity contribution in [3.8, 4) is 0 Å². The molecular weight excluding hydrogens is 352 g/mol. The summed E-state index contributed by atoms with van der Waals surface area (Å²) < 4.78 is 25.9. The predicted octanol–water partition coefficient (Wildman–Crippen LogP) is 0.418. The Balaban J connectivity index is 0.00000208. The van der Waals surface area contributed by atoms with Crippen LogP contribution in [0, 0.1) is 0 Å². The van der Waals surface area contributed by atoms with Gasteiger partial charge in [0.2, 0.25) is 0 Å². The monoisotopic (exact) mass is 376 g/mol. The number of hydrogen-bond donors (Lipinski definition) is 1. The lowest BCUT2D eigenvalue weighted by Gasteiger charge is -2.45. The third-order valence-electron chi connectivity index (χ3n) is 5.39. The van der Waals surface area contributed by atoms with Crippen LogP contribution in [0.15, 0.2) is 18.5 Å². The average molecular weight is 377 g/mol. The molecule has 0 bridgehead atoms. The summed E-state index contributed by atoms with van der Waals surface area (Å²) in [6.45, 7) is 5.30. The summed E-state index contributed by atoms with van der Waals surface area (Å²) in [7, 11) is -3.11. The molecule has 0 spiro atoms. The fourth-order valence-corrected chi connectivity index (χ4v) is 5.20. The van der Waals surface area contributed by atoms with E-state index < -0.39 is 20.6 Å². The maximum Gasteiger partial charge on any atom is 0.250 e. The highest BCUT2D eigenvalue weighted by Crippen LogP contribution is 2.32. The van der Waals surface area contributed by atoms with Crippen molar-refractivity contribution in [2.45, 2.75) is 43.5 Å². The van der Waals surface area contributed by atoms with Gasteiger partial charge in [0.25, 0.3) is 5.91 Å². The first-order valence-corrected chi connectivity index (χ1v) is 9.83. The molecule has 2 fully saturated rings. The molecule has 0 aliphatic carbocycles. The molecule has 24 heavy (non-hydrogen) atoms. The first-order valence-electron chi connectivity index (χ1n) is 8.12. The molecule has 9 heteroatoms. The zero-order valence-corrected chi connectivity index (χ0v) is 15.6. The molecule has 2 saturated heterocycles. The highest BCUT2D eigenvalue weighted by atomic mass is 35.5. The van der Waals surface area contributed by atoms with E-state index in [0.717, 1.165) is 13.1 Å². The van der Waals surface area contributed by atoms with Crippen LogP contribution in [0.25, 0.3) is 0 Å². The molecule has 136 valence electrons. The van der Waals surface area contributed by atoms with Gasteiger partial charge in [0.05, 0.1) is 11.0 Å². The van der Waals surface area contributed by atoms with Crippen LogP contribution >= 0.6 is 12.4 Å². The molecule has 7 nitrogen and oxygen atoms in total. The van der Waals surface area contributed by atoms with Gasteiger partial charge in [-0.3, -0.25) is 9.48 Å². The number of carbonyl (C=O) groups is 1. The summed E-state index contributed by atoms with van der Waals surface area (Å²) in [4.78, 5) is 15.1. The lowest BCUT2D eigenvalue weighted by Crippen LogP contribution is -2.62. The van der Waals surface area contributed by atoms with Crippen molar-refractivity contribution < 1.29 is 13.2 Å². The number of halogens is 1. The number of amides is 1. The first kappa shape index (κ1) is 19.2. The van der Waals surface area contributed by atoms with Gasteiger partial charge in [-0.2, -0.15) is 5.10 Å². The molecule has 2 aliphatic heterocycles. The Morgan fingerprint density at radius 3 is 2.54 bits per heavy atom. The smallest absolute Gasteiger partial charge is 0.250 e. The highest BCUT2D eigenvalue weighted by molar-refractivity contribution is 7.92. The summed E-state index contributed by atoms with van der Waals surface area (Å²) >= 11 is 0. The minimum Gasteiger partial charge on any atom is -0.336 e. The standard InChI is InChI=1S/C15H24N4O3S.ClH/c1-12-13(2)23(21,22)11-10-18(12)14(20)15(4-7-16-8-5-15)19-9-3-6-17-19;/h3,6,9,12-13,16H,4-5,7-8,10-11H2,1-2H3;1H. The van der Waals surface area contributed by atoms with Gasteiger partial charge >= 0.3 is 0 Å². The second kappa shape index (κ2) is 7.01. The van der Waals surface area contributed by atoms with E-state index in [1.807, 2.05) is 19.2 Å². The molecular formula is C15H25ClN4O3S. The van der Waals surface area contributed by atoms with Crippen LogP contribution in [0.4, 0.5) is 0 Å². The SMILES string of the molecule is CC1C(C)S(=O)(=O)CCN1C(=O)C1(n2cccn2)CCNCC1.Cl. The van der Waals surface area contributed by atoms with Crippen LogP contribution in [0.1, 0.15) is 26.7 Å². The Bertz CT molecular complexity index is 671. The van der Waals surface area contributed by atoms with Gasteiger partial charge in [-0.05, 0) is 45.8 Å². The molecule has 2 atom stereocenters. The van der Waals surface area contributed by atoms with Gasteiger partial charge in [-0.15, -0.1) is 12.4 Å². The topological polar surface area (TPSA) is 84.3 Å². The maximum absolute atomic E-state index is 13.4. The summed E-state index contributed by atoms with van der Waals surface area (Å²) in [5, 5.41) is 7.08. The predicted molar refractivity (Wildman–Crippen MR) is 94.0 cm³/mol. The van der Waals surface area contributed by atoms with Crippen LogP contribution in [-0.4, -0.2) is 65.7 Å². The van der Waals surface area contributed by atoms with E-state index in [4.69, 9.17) is 0 Å². The number of hydrogen-bond acceptors (Lipinski definition) is 5. The summed E-state index contributed by atoms with van der Waals surface area (Å²) in [5.74, 6) is 0.0365. The highest BCUT2D eigenvalue weighted by Gasteiger charge is 2.48. The number of aromatic nitrogens is 2. The van der Waals surface area contributed by atoms with Crippen molar-refractivity contribution in [1.82, 2.24) is 20.0 Å². The van der Waals surface area contributed by atoms with Crippen LogP contribution in [0.3, 0.4) is 0 Å². The number of carbonyl (C=O) groups excluding carboxylic acids is 1. The van der Waals surface area contributed by atoms with E-state index >= 15 is 0 Å². The second-order valence-corrected chi connectivity index (χ2v) is 9.02. The van der Waals surface area contributed by atoms with Crippen LogP contribution in [-0.2, 0) is 20.2 Å². The van der Waals surface area contributed by atoms with E-state index in [-0.39, 0.29) is 36.7 Å². The van der Waals surface area contributed by atoms with Gasteiger partial charge in [0, 0.05) is 25.0 Å². The lowest BCUT2D eigenvalue weighted by atomic mass is 9.86. The Kier molecular flexibility index (Phi) is 5.61. The molecule has 0 saturated carbocycles. The quantitative estimate of drug-likeness (QED) is 0.808. The number of piperidine rings is 1. The molecule has 0 radical (unpaired) electrons. The van der Waals surface area contributed by atoms with E-state index in [1.54, 1.807) is 22.7 Å². The van der Waals surface area contributed by atoms with Gasteiger partial charge < -0.3 is 10.2 Å². The summed E-state index contributed by atoms with van der Waals surface area (Å²) in [5.41, 5.74) is -0.705. The summed E-state index contributed by atoms with van der Waals surface area (Å²) in [6, 6.07) is 1.51. The van der Waals surface area contributed by atoms with E-state index in [9.17, 15) is 13.2 Å². The number of nitrogens with one attached hydrogen (secondary N) is 1. The molecule has 3 rings (SSSR count). The van der Waals surface area contributed by atoms with Gasteiger partial charge in [-0.1, -0.05) is 0 Å². The number of sulfone groups is 1. The van der Waals surface area contributed by atoms with Crippen molar-refractivity contribution >= 4 is 28.2 Å². The minimum absolute atomic E-state index is 0. The molecule has 1 aromatic heterocycles. The number of rotatable bonds is 2. The fraction of sp³-hybridized carbons (Fsp3) is 0.733. The Hall–Kier alpha value is -1.12. The zero-order chi connectivity index (χ0) is 16.7. The lowest BCUT2D eigenvalue weighted by molar-refractivity contribution is -0.145. The third kappa shape index (κ3) is 3.07. The van der Waals surface area contributed by atoms with Crippen molar-refractivity contribution in [3.05, 3.63) is 18.5 Å². The van der Waals surface area contributed by atoms with Gasteiger partial charge in [0.15, 0.2) is 9.84 Å². The fourth-order valence-electron chi connectivity index (χ4n) is 3.63. The Morgan fingerprint density at radius 1 is 1.29 bits per heavy atom. The van der Waals surface area contributed by atoms with Gasteiger partial charge in [-0.25, -0.2) is 8.42 Å². The van der Waals surface area contributed by atoms with E-state index in [2.05, 4.69) is 10.4 Å². The van der Waals surface area contributed by atoms with Crippen LogP contribution in [0.2, 0.25) is 0 Å². The molecule has 0 aromatic carbocycles. The minimum atomic E-state index is -3.11. The molecule has 1 aromatic rings. The first-order chi connectivity index (χ1) is 10.9. The van der Waals surface area contributed by atoms with E-state index in [0.29, 0.717) is 12.8 Å². The molecule has 1 amide bonds. The third-order valence-corrected chi connectivity index (χ3v) is 7.67. The van der Waals surface area contributed by atoms with Gasteiger partial charge in [0.1, 0.15) is 5.54 Å². The largest absolute Gasteiger partial charge is 0.336 e. The van der Waals surface area contributed by atoms with E-state index in [1.165, 1.54) is 0 Å². The Morgan fingerprint density at radius 2 is 1.96 bits per heavy atom. The second-order valence-electron chi connectivity index (χ2n) is 6.54. The average Bonchev–Trinajstić information content (AvgIpc) is 3.08. The van der Waals surface area contributed by atoms with Crippen molar-refractivity contribution in [1.29, 1.82) is 0 Å².